The molecule has 0 saturated carbocycles. The summed E-state index contributed by atoms with van der Waals surface area (Å²) in [6.07, 6.45) is 0.0877. The number of amides is 1. The van der Waals surface area contributed by atoms with Crippen molar-refractivity contribution in [2.24, 2.45) is 5.10 Å². The van der Waals surface area contributed by atoms with Crippen LogP contribution >= 0.6 is 0 Å². The Morgan fingerprint density at radius 2 is 1.89 bits per heavy atom. The van der Waals surface area contributed by atoms with Crippen molar-refractivity contribution in [3.63, 3.8) is 0 Å². The molecule has 1 rings (SSSR count). The molecule has 0 bridgehead atoms. The maximum atomic E-state index is 13.2. The van der Waals surface area contributed by atoms with E-state index in [1.54, 1.807) is 20.8 Å². The predicted octanol–water partition coefficient (Wildman–Crippen LogP) is 2.82. The van der Waals surface area contributed by atoms with Gasteiger partial charge in [0.1, 0.15) is 17.2 Å². The molecule has 1 N–H and O–H groups in total. The average Bonchev–Trinajstić information content (AvgIpc) is 2.19. The van der Waals surface area contributed by atoms with E-state index < -0.39 is 23.3 Å². The summed E-state index contributed by atoms with van der Waals surface area (Å²) < 4.78 is 31.2. The Bertz CT molecular complexity index is 447. The quantitative estimate of drug-likeness (QED) is 0.653. The summed E-state index contributed by atoms with van der Waals surface area (Å²) >= 11 is 0. The van der Waals surface area contributed by atoms with Crippen LogP contribution in [0.5, 0.6) is 0 Å². The van der Waals surface area contributed by atoms with Crippen LogP contribution in [0.4, 0.5) is 13.6 Å². The molecular weight excluding hydrogens is 242 g/mol. The van der Waals surface area contributed by atoms with Crippen LogP contribution in [0.3, 0.4) is 0 Å². The van der Waals surface area contributed by atoms with Crippen molar-refractivity contribution in [1.82, 2.24) is 5.43 Å². The first kappa shape index (κ1) is 14.1. The van der Waals surface area contributed by atoms with E-state index in [2.05, 4.69) is 5.10 Å². The summed E-state index contributed by atoms with van der Waals surface area (Å²) in [5.74, 6) is -1.52. The zero-order valence-electron chi connectivity index (χ0n) is 10.3. The number of benzene rings is 1. The summed E-state index contributed by atoms with van der Waals surface area (Å²) in [4.78, 5) is 11.2. The molecule has 0 aliphatic rings. The summed E-state index contributed by atoms with van der Waals surface area (Å²) in [6.45, 7) is 5.06. The molecule has 98 valence electrons. The van der Waals surface area contributed by atoms with Gasteiger partial charge in [0.15, 0.2) is 0 Å². The van der Waals surface area contributed by atoms with Crippen molar-refractivity contribution in [2.75, 3.05) is 0 Å². The average molecular weight is 256 g/mol. The zero-order chi connectivity index (χ0) is 13.8. The maximum Gasteiger partial charge on any atom is 0.428 e. The van der Waals surface area contributed by atoms with Gasteiger partial charge in [-0.1, -0.05) is 6.07 Å². The van der Waals surface area contributed by atoms with E-state index in [9.17, 15) is 13.6 Å². The molecule has 0 saturated heterocycles. The first-order chi connectivity index (χ1) is 8.29. The van der Waals surface area contributed by atoms with Crippen molar-refractivity contribution in [1.29, 1.82) is 0 Å². The number of carbonyl (C=O) groups excluding carboxylic acids is 1. The van der Waals surface area contributed by atoms with Gasteiger partial charge in [0, 0.05) is 0 Å². The third-order valence-electron chi connectivity index (χ3n) is 1.75. The summed E-state index contributed by atoms with van der Waals surface area (Å²) in [6, 6.07) is 3.43. The molecule has 4 nitrogen and oxygen atoms in total. The molecule has 0 spiro atoms. The highest BCUT2D eigenvalue weighted by Gasteiger charge is 2.15. The van der Waals surface area contributed by atoms with Gasteiger partial charge in [0.2, 0.25) is 0 Å². The lowest BCUT2D eigenvalue weighted by Gasteiger charge is -2.18. The van der Waals surface area contributed by atoms with Gasteiger partial charge in [0.25, 0.3) is 0 Å². The lowest BCUT2D eigenvalue weighted by Crippen LogP contribution is -2.29. The number of hydrogen-bond acceptors (Lipinski definition) is 3. The second-order valence-electron chi connectivity index (χ2n) is 4.51. The van der Waals surface area contributed by atoms with Crippen LogP contribution in [0.15, 0.2) is 23.3 Å². The van der Waals surface area contributed by atoms with Crippen LogP contribution in [0.1, 0.15) is 26.3 Å². The van der Waals surface area contributed by atoms with Crippen molar-refractivity contribution >= 4 is 12.3 Å². The van der Waals surface area contributed by atoms with Gasteiger partial charge in [-0.05, 0) is 32.9 Å². The Balaban J connectivity index is 2.63. The number of halogens is 2. The fourth-order valence-electron chi connectivity index (χ4n) is 1.08. The third-order valence-corrected chi connectivity index (χ3v) is 1.75. The molecule has 6 heteroatoms. The summed E-state index contributed by atoms with van der Waals surface area (Å²) in [7, 11) is 0. The molecule has 1 aromatic carbocycles. The lowest BCUT2D eigenvalue weighted by molar-refractivity contribution is 0.0529. The van der Waals surface area contributed by atoms with Gasteiger partial charge in [0.05, 0.1) is 11.8 Å². The Hall–Kier alpha value is -1.98. The molecule has 1 aromatic rings. The minimum Gasteiger partial charge on any atom is -0.443 e. The number of nitrogens with one attached hydrogen (secondary N) is 1. The Morgan fingerprint density at radius 1 is 1.33 bits per heavy atom. The molecule has 0 aromatic heterocycles. The number of nitrogens with zero attached hydrogens (tertiary/aromatic N) is 1. The second-order valence-corrected chi connectivity index (χ2v) is 4.51. The fraction of sp³-hybridized carbons (Fsp3) is 0.333. The van der Waals surface area contributed by atoms with Crippen LogP contribution in [0, 0.1) is 11.6 Å². The van der Waals surface area contributed by atoms with Crippen molar-refractivity contribution in [3.8, 4) is 0 Å². The standard InChI is InChI=1S/C12H14F2N2O2/c1-12(2,3)18-11(17)16-15-7-8-9(13)5-4-6-10(8)14/h4-7H,1-3H3,(H,16,17)/b15-7-. The van der Waals surface area contributed by atoms with E-state index in [1.165, 1.54) is 6.07 Å². The van der Waals surface area contributed by atoms with E-state index in [4.69, 9.17) is 4.74 Å². The maximum absolute atomic E-state index is 13.2. The highest BCUT2D eigenvalue weighted by atomic mass is 19.1. The Morgan fingerprint density at radius 3 is 2.39 bits per heavy atom. The first-order valence-corrected chi connectivity index (χ1v) is 5.25. The van der Waals surface area contributed by atoms with Crippen molar-refractivity contribution < 1.29 is 18.3 Å². The number of hydrogen-bond donors (Lipinski definition) is 1. The van der Waals surface area contributed by atoms with Gasteiger partial charge >= 0.3 is 6.09 Å². The molecule has 0 heterocycles. The van der Waals surface area contributed by atoms with Crippen molar-refractivity contribution in [3.05, 3.63) is 35.4 Å². The topological polar surface area (TPSA) is 50.7 Å². The molecule has 0 aliphatic heterocycles. The van der Waals surface area contributed by atoms with Gasteiger partial charge in [-0.15, -0.1) is 0 Å². The predicted molar refractivity (Wildman–Crippen MR) is 63.3 cm³/mol. The van der Waals surface area contributed by atoms with Crippen LogP contribution < -0.4 is 5.43 Å². The number of rotatable bonds is 2. The zero-order valence-corrected chi connectivity index (χ0v) is 10.3. The van der Waals surface area contributed by atoms with Crippen LogP contribution in [0.2, 0.25) is 0 Å². The van der Waals surface area contributed by atoms with Gasteiger partial charge in [-0.3, -0.25) is 0 Å². The van der Waals surface area contributed by atoms with E-state index >= 15 is 0 Å². The Kier molecular flexibility index (Phi) is 4.36. The molecular formula is C12H14F2N2O2. The van der Waals surface area contributed by atoms with Crippen LogP contribution in [-0.2, 0) is 4.74 Å². The summed E-state index contributed by atoms with van der Waals surface area (Å²) in [5.41, 5.74) is 1.03. The lowest BCUT2D eigenvalue weighted by atomic mass is 10.2. The molecule has 0 fully saturated rings. The van der Waals surface area contributed by atoms with Crippen LogP contribution in [0.25, 0.3) is 0 Å². The van der Waals surface area contributed by atoms with E-state index in [0.29, 0.717) is 0 Å². The SMILES string of the molecule is CC(C)(C)OC(=O)N/N=C\c1c(F)cccc1F. The highest BCUT2D eigenvalue weighted by Crippen LogP contribution is 2.09. The largest absolute Gasteiger partial charge is 0.443 e. The van der Waals surface area contributed by atoms with E-state index in [1.807, 2.05) is 5.43 Å². The molecule has 1 amide bonds. The van der Waals surface area contributed by atoms with Gasteiger partial charge < -0.3 is 4.74 Å². The molecule has 0 radical (unpaired) electrons. The summed E-state index contributed by atoms with van der Waals surface area (Å²) in [5, 5.41) is 3.42. The third kappa shape index (κ3) is 4.48. The number of ether oxygens (including phenoxy) is 1. The second kappa shape index (κ2) is 5.57. The van der Waals surface area contributed by atoms with Crippen molar-refractivity contribution in [2.45, 2.75) is 26.4 Å². The van der Waals surface area contributed by atoms with E-state index in [-0.39, 0.29) is 5.56 Å². The minimum absolute atomic E-state index is 0.325. The van der Waals surface area contributed by atoms with E-state index in [0.717, 1.165) is 18.3 Å². The first-order valence-electron chi connectivity index (χ1n) is 5.25. The smallest absolute Gasteiger partial charge is 0.428 e. The minimum atomic E-state index is -0.796. The molecule has 0 aliphatic carbocycles. The number of carbonyl (C=O) groups is 1. The van der Waals surface area contributed by atoms with Gasteiger partial charge in [-0.25, -0.2) is 19.0 Å². The fourth-order valence-corrected chi connectivity index (χ4v) is 1.08. The molecule has 0 unspecified atom stereocenters. The molecule has 18 heavy (non-hydrogen) atoms. The highest BCUT2D eigenvalue weighted by molar-refractivity contribution is 5.81. The number of hydrazone groups is 1. The molecule has 0 atom stereocenters. The monoisotopic (exact) mass is 256 g/mol. The van der Waals surface area contributed by atoms with Crippen LogP contribution in [-0.4, -0.2) is 17.9 Å². The van der Waals surface area contributed by atoms with Gasteiger partial charge in [-0.2, -0.15) is 5.10 Å². The normalized spacial score (nSPS) is 11.6. The Labute approximate surface area is 104 Å².